The van der Waals surface area contributed by atoms with Crippen molar-refractivity contribution in [2.24, 2.45) is 5.92 Å². The first-order chi connectivity index (χ1) is 6.11. The maximum absolute atomic E-state index is 11.6. The highest BCUT2D eigenvalue weighted by atomic mass is 16.1. The van der Waals surface area contributed by atoms with Crippen LogP contribution in [-0.2, 0) is 4.79 Å². The quantitative estimate of drug-likeness (QED) is 0.633. The molecule has 0 aromatic carbocycles. The zero-order chi connectivity index (χ0) is 10.3. The zero-order valence-corrected chi connectivity index (χ0v) is 8.97. The highest BCUT2D eigenvalue weighted by Crippen LogP contribution is 2.11. The van der Waals surface area contributed by atoms with Crippen molar-refractivity contribution >= 4 is 5.91 Å². The average molecular weight is 185 g/mol. The van der Waals surface area contributed by atoms with Crippen molar-refractivity contribution in [3.05, 3.63) is 12.7 Å². The maximum Gasteiger partial charge on any atom is 0.223 e. The van der Waals surface area contributed by atoms with Crippen molar-refractivity contribution in [1.29, 1.82) is 0 Å². The summed E-state index contributed by atoms with van der Waals surface area (Å²) >= 11 is 0. The number of allylic oxidation sites excluding steroid dienone is 1. The second-order valence-electron chi connectivity index (χ2n) is 3.67. The molecule has 1 unspecified atom stereocenters. The molecular weight excluding hydrogens is 162 g/mol. The van der Waals surface area contributed by atoms with Crippen LogP contribution in [0.25, 0.3) is 0 Å². The van der Waals surface area contributed by atoms with E-state index in [-0.39, 0.29) is 19.3 Å². The average Bonchev–Trinajstić information content (AvgIpc) is 2.02. The second kappa shape index (κ2) is 6.70. The van der Waals surface area contributed by atoms with Crippen LogP contribution in [-0.4, -0.2) is 11.9 Å². The molecule has 0 rings (SSSR count). The molecule has 0 aliphatic heterocycles. The van der Waals surface area contributed by atoms with Crippen molar-refractivity contribution in [2.45, 2.75) is 46.1 Å². The highest BCUT2D eigenvalue weighted by Gasteiger charge is 2.15. The number of hydrogen-bond donors (Lipinski definition) is 1. The van der Waals surface area contributed by atoms with E-state index in [1.54, 1.807) is 0 Å². The Kier molecular flexibility index (Phi) is 6.29. The minimum Gasteiger partial charge on any atom is -0.354 e. The molecule has 0 bridgehead atoms. The van der Waals surface area contributed by atoms with E-state index in [1.165, 1.54) is 0 Å². The van der Waals surface area contributed by atoms with Crippen molar-refractivity contribution in [3.63, 3.8) is 0 Å². The molecule has 0 spiro atoms. The number of carbonyl (C=O) groups excluding carboxylic acids is 1. The number of rotatable bonds is 6. The first-order valence-corrected chi connectivity index (χ1v) is 5.03. The predicted octanol–water partition coefficient (Wildman–Crippen LogP) is 2.75. The number of amides is 1. The number of nitrogens with one attached hydrogen (secondary N) is 1. The molecule has 13 heavy (non-hydrogen) atoms. The molecule has 0 aromatic heterocycles. The van der Waals surface area contributed by atoms with Crippen LogP contribution in [0.1, 0.15) is 41.5 Å². The number of carbonyl (C=O) groups is 1. The number of hydrogen-bond acceptors (Lipinski definition) is 1. The van der Waals surface area contributed by atoms with Crippen LogP contribution in [0, 0.1) is 5.92 Å². The van der Waals surface area contributed by atoms with Crippen LogP contribution in [0.15, 0.2) is 12.7 Å². The Balaban J connectivity index is 0. The fraction of sp³-hybridized carbons (Fsp3) is 0.727. The normalized spacial score (nSPS) is 12.6. The van der Waals surface area contributed by atoms with Crippen molar-refractivity contribution in [1.82, 2.24) is 5.32 Å². The zero-order valence-electron chi connectivity index (χ0n) is 8.97. The van der Waals surface area contributed by atoms with Crippen molar-refractivity contribution in [2.75, 3.05) is 0 Å². The smallest absolute Gasteiger partial charge is 0.223 e. The molecule has 0 aromatic rings. The van der Waals surface area contributed by atoms with Crippen LogP contribution < -0.4 is 5.32 Å². The van der Waals surface area contributed by atoms with Gasteiger partial charge in [-0.25, -0.2) is 0 Å². The third kappa shape index (κ3) is 5.45. The van der Waals surface area contributed by atoms with Gasteiger partial charge in [0, 0.05) is 13.4 Å². The molecule has 0 aliphatic carbocycles. The molecule has 78 valence electrons. The van der Waals surface area contributed by atoms with E-state index in [0.717, 1.165) is 19.3 Å². The van der Waals surface area contributed by atoms with Gasteiger partial charge < -0.3 is 5.32 Å². The minimum atomic E-state index is 0. The van der Waals surface area contributed by atoms with Gasteiger partial charge in [0.2, 0.25) is 5.91 Å². The molecular formula is C11H23NO. The Morgan fingerprint density at radius 3 is 2.62 bits per heavy atom. The van der Waals surface area contributed by atoms with Crippen LogP contribution >= 0.6 is 0 Å². The molecule has 0 saturated heterocycles. The van der Waals surface area contributed by atoms with Gasteiger partial charge in [0.15, 0.2) is 0 Å². The molecule has 0 heterocycles. The van der Waals surface area contributed by atoms with Crippen molar-refractivity contribution < 1.29 is 6.22 Å². The van der Waals surface area contributed by atoms with Gasteiger partial charge in [0.1, 0.15) is 0 Å². The van der Waals surface area contributed by atoms with E-state index in [0.29, 0.717) is 0 Å². The summed E-state index contributed by atoms with van der Waals surface area (Å²) in [6, 6.07) is 0.233. The topological polar surface area (TPSA) is 29.1 Å². The Morgan fingerprint density at radius 1 is 1.62 bits per heavy atom. The molecule has 1 N–H and O–H groups in total. The lowest BCUT2D eigenvalue weighted by Crippen LogP contribution is -2.35. The molecule has 2 nitrogen and oxygen atoms in total. The maximum atomic E-state index is 11.6. The SMILES string of the molecule is C=CCC(CCC)C(=O)NC(C)C.[HH]. The Hall–Kier alpha value is -0.790. The minimum absolute atomic E-state index is 0. The van der Waals surface area contributed by atoms with E-state index < -0.39 is 0 Å². The Morgan fingerprint density at radius 2 is 2.23 bits per heavy atom. The summed E-state index contributed by atoms with van der Waals surface area (Å²) in [7, 11) is 0. The summed E-state index contributed by atoms with van der Waals surface area (Å²) in [4.78, 5) is 11.6. The fourth-order valence-corrected chi connectivity index (χ4v) is 1.31. The molecule has 0 radical (unpaired) electrons. The van der Waals surface area contributed by atoms with Crippen LogP contribution in [0.3, 0.4) is 0 Å². The second-order valence-corrected chi connectivity index (χ2v) is 3.67. The molecule has 0 fully saturated rings. The van der Waals surface area contributed by atoms with Gasteiger partial charge >= 0.3 is 0 Å². The van der Waals surface area contributed by atoms with Gasteiger partial charge in [-0.15, -0.1) is 6.58 Å². The van der Waals surface area contributed by atoms with E-state index in [1.807, 2.05) is 19.9 Å². The van der Waals surface area contributed by atoms with E-state index in [9.17, 15) is 4.79 Å². The Labute approximate surface area is 82.9 Å². The monoisotopic (exact) mass is 185 g/mol. The Bertz CT molecular complexity index is 169. The molecule has 0 saturated carbocycles. The summed E-state index contributed by atoms with van der Waals surface area (Å²) in [5.41, 5.74) is 0. The standard InChI is InChI=1S/C11H21NO.H2/c1-5-7-10(8-6-2)11(13)12-9(3)4;/h5,9-10H,1,6-8H2,2-4H3,(H,12,13);1H. The van der Waals surface area contributed by atoms with Crippen LogP contribution in [0.5, 0.6) is 0 Å². The van der Waals surface area contributed by atoms with Gasteiger partial charge in [-0.1, -0.05) is 19.4 Å². The van der Waals surface area contributed by atoms with Gasteiger partial charge in [-0.3, -0.25) is 4.79 Å². The molecule has 0 aliphatic rings. The lowest BCUT2D eigenvalue weighted by Gasteiger charge is -2.16. The largest absolute Gasteiger partial charge is 0.354 e. The predicted molar refractivity (Wildman–Crippen MR) is 58.6 cm³/mol. The van der Waals surface area contributed by atoms with Crippen molar-refractivity contribution in [3.8, 4) is 0 Å². The fourth-order valence-electron chi connectivity index (χ4n) is 1.31. The summed E-state index contributed by atoms with van der Waals surface area (Å²) in [6.45, 7) is 9.72. The summed E-state index contributed by atoms with van der Waals surface area (Å²) in [5.74, 6) is 0.279. The van der Waals surface area contributed by atoms with Gasteiger partial charge in [-0.2, -0.15) is 0 Å². The lowest BCUT2D eigenvalue weighted by molar-refractivity contribution is -0.125. The highest BCUT2D eigenvalue weighted by molar-refractivity contribution is 5.78. The molecule has 1 atom stereocenters. The first kappa shape index (κ1) is 12.2. The van der Waals surface area contributed by atoms with Gasteiger partial charge in [0.05, 0.1) is 0 Å². The molecule has 2 heteroatoms. The third-order valence-electron chi connectivity index (χ3n) is 1.89. The van der Waals surface area contributed by atoms with E-state index in [4.69, 9.17) is 0 Å². The first-order valence-electron chi connectivity index (χ1n) is 5.03. The molecule has 1 amide bonds. The summed E-state index contributed by atoms with van der Waals surface area (Å²) in [6.07, 6.45) is 4.60. The van der Waals surface area contributed by atoms with Gasteiger partial charge in [0.25, 0.3) is 0 Å². The summed E-state index contributed by atoms with van der Waals surface area (Å²) in [5, 5.41) is 2.93. The third-order valence-corrected chi connectivity index (χ3v) is 1.89. The van der Waals surface area contributed by atoms with E-state index >= 15 is 0 Å². The van der Waals surface area contributed by atoms with E-state index in [2.05, 4.69) is 18.8 Å². The summed E-state index contributed by atoms with van der Waals surface area (Å²) < 4.78 is 0. The lowest BCUT2D eigenvalue weighted by atomic mass is 9.98. The van der Waals surface area contributed by atoms with Gasteiger partial charge in [-0.05, 0) is 26.7 Å². The van der Waals surface area contributed by atoms with Crippen LogP contribution in [0.2, 0.25) is 0 Å². The van der Waals surface area contributed by atoms with Crippen LogP contribution in [0.4, 0.5) is 0 Å².